The van der Waals surface area contributed by atoms with Crippen molar-refractivity contribution in [3.63, 3.8) is 0 Å². The lowest BCUT2D eigenvalue weighted by atomic mass is 9.81. The van der Waals surface area contributed by atoms with Gasteiger partial charge in [-0.2, -0.15) is 0 Å². The number of hydrogen-bond acceptors (Lipinski definition) is 5. The summed E-state index contributed by atoms with van der Waals surface area (Å²) in [6.45, 7) is 0.432. The van der Waals surface area contributed by atoms with Crippen LogP contribution in [0, 0.1) is 5.82 Å². The van der Waals surface area contributed by atoms with Crippen LogP contribution in [0.3, 0.4) is 0 Å². The number of carboxylic acid groups (broad SMARTS) is 1. The quantitative estimate of drug-likeness (QED) is 0.204. The van der Waals surface area contributed by atoms with Gasteiger partial charge in [0.15, 0.2) is 0 Å². The summed E-state index contributed by atoms with van der Waals surface area (Å²) >= 11 is 12.6. The number of carbonyl (C=O) groups excluding carboxylic acids is 1. The van der Waals surface area contributed by atoms with Gasteiger partial charge in [-0.25, -0.2) is 14.2 Å². The van der Waals surface area contributed by atoms with Crippen molar-refractivity contribution >= 4 is 35.1 Å². The van der Waals surface area contributed by atoms with E-state index < -0.39 is 23.2 Å². The van der Waals surface area contributed by atoms with E-state index in [-0.39, 0.29) is 16.2 Å². The van der Waals surface area contributed by atoms with E-state index in [9.17, 15) is 19.1 Å². The van der Waals surface area contributed by atoms with Crippen LogP contribution in [0.4, 0.5) is 4.39 Å². The number of ether oxygens (including phenoxy) is 1. The molecule has 7 nitrogen and oxygen atoms in total. The summed E-state index contributed by atoms with van der Waals surface area (Å²) in [7, 11) is 3.80. The number of alkyl halides is 1. The van der Waals surface area contributed by atoms with Crippen LogP contribution in [-0.2, 0) is 4.79 Å². The zero-order chi connectivity index (χ0) is 28.9. The van der Waals surface area contributed by atoms with Gasteiger partial charge in [0.2, 0.25) is 0 Å². The minimum atomic E-state index is -1.32. The molecule has 2 aromatic carbocycles. The molecule has 1 unspecified atom stereocenters. The highest BCUT2D eigenvalue weighted by atomic mass is 35.5. The molecule has 0 spiro atoms. The smallest absolute Gasteiger partial charge is 0.329 e. The molecule has 1 aromatic heterocycles. The molecule has 4 rings (SSSR count). The molecule has 3 aromatic rings. The number of carbonyl (C=O) groups is 2. The Morgan fingerprint density at radius 1 is 1.07 bits per heavy atom. The summed E-state index contributed by atoms with van der Waals surface area (Å²) in [5, 5.41) is 12.8. The van der Waals surface area contributed by atoms with Gasteiger partial charge < -0.3 is 15.2 Å². The molecular formula is C30H32Cl2FN3O4. The van der Waals surface area contributed by atoms with E-state index >= 15 is 0 Å². The zero-order valence-corrected chi connectivity index (χ0v) is 23.9. The van der Waals surface area contributed by atoms with Gasteiger partial charge in [0.05, 0.1) is 22.8 Å². The summed E-state index contributed by atoms with van der Waals surface area (Å²) in [5.74, 6) is -1.45. The first-order chi connectivity index (χ1) is 19.1. The van der Waals surface area contributed by atoms with Gasteiger partial charge in [-0.3, -0.25) is 9.69 Å². The minimum Gasteiger partial charge on any atom is -0.493 e. The normalized spacial score (nSPS) is 15.4. The third-order valence-electron chi connectivity index (χ3n) is 7.13. The van der Waals surface area contributed by atoms with Crippen LogP contribution in [0.1, 0.15) is 49.0 Å². The molecule has 0 aliphatic heterocycles. The first-order valence-electron chi connectivity index (χ1n) is 13.2. The molecule has 1 heterocycles. The molecule has 1 aliphatic rings. The zero-order valence-electron chi connectivity index (χ0n) is 22.4. The predicted molar refractivity (Wildman–Crippen MR) is 154 cm³/mol. The van der Waals surface area contributed by atoms with E-state index in [0.29, 0.717) is 54.0 Å². The number of hydrogen-bond donors (Lipinski definition) is 2. The van der Waals surface area contributed by atoms with Crippen molar-refractivity contribution in [2.75, 3.05) is 20.7 Å². The number of nitrogens with one attached hydrogen (secondary N) is 1. The molecule has 0 saturated heterocycles. The number of rotatable bonds is 10. The molecule has 0 bridgehead atoms. The number of pyridine rings is 1. The fourth-order valence-electron chi connectivity index (χ4n) is 4.80. The van der Waals surface area contributed by atoms with Gasteiger partial charge in [0, 0.05) is 23.1 Å². The summed E-state index contributed by atoms with van der Waals surface area (Å²) < 4.78 is 19.6. The predicted octanol–water partition coefficient (Wildman–Crippen LogP) is 6.62. The molecule has 10 heteroatoms. The summed E-state index contributed by atoms with van der Waals surface area (Å²) in [4.78, 5) is 32.0. The van der Waals surface area contributed by atoms with E-state index in [0.717, 1.165) is 19.3 Å². The average Bonchev–Trinajstić information content (AvgIpc) is 2.93. The Morgan fingerprint density at radius 3 is 2.38 bits per heavy atom. The maximum absolute atomic E-state index is 13.8. The van der Waals surface area contributed by atoms with E-state index in [1.165, 1.54) is 18.2 Å². The highest BCUT2D eigenvalue weighted by molar-refractivity contribution is 6.33. The number of nitrogens with zero attached hydrogens (tertiary/aromatic N) is 2. The van der Waals surface area contributed by atoms with Crippen LogP contribution in [0.15, 0.2) is 54.6 Å². The second-order valence-electron chi connectivity index (χ2n) is 10.2. The lowest BCUT2D eigenvalue weighted by Gasteiger charge is -2.33. The van der Waals surface area contributed by atoms with E-state index in [1.807, 2.05) is 31.1 Å². The van der Waals surface area contributed by atoms with Gasteiger partial charge in [-0.15, -0.1) is 11.6 Å². The second kappa shape index (κ2) is 13.0. The fraction of sp³-hybridized carbons (Fsp3) is 0.367. The van der Waals surface area contributed by atoms with Crippen molar-refractivity contribution in [1.29, 1.82) is 0 Å². The van der Waals surface area contributed by atoms with Gasteiger partial charge in [0.25, 0.3) is 5.91 Å². The Hall–Kier alpha value is -3.20. The molecule has 1 saturated carbocycles. The van der Waals surface area contributed by atoms with Crippen LogP contribution in [-0.4, -0.2) is 58.6 Å². The summed E-state index contributed by atoms with van der Waals surface area (Å²) in [5.41, 5.74) is 0.861. The van der Waals surface area contributed by atoms with Crippen LogP contribution in [0.5, 0.6) is 5.75 Å². The maximum atomic E-state index is 13.8. The molecular weight excluding hydrogens is 556 g/mol. The third-order valence-corrected chi connectivity index (χ3v) is 8.05. The van der Waals surface area contributed by atoms with Crippen molar-refractivity contribution in [2.24, 2.45) is 0 Å². The van der Waals surface area contributed by atoms with Crippen molar-refractivity contribution in [3.05, 3.63) is 71.1 Å². The van der Waals surface area contributed by atoms with E-state index in [1.54, 1.807) is 24.3 Å². The minimum absolute atomic E-state index is 0.0698. The molecule has 1 fully saturated rings. The van der Waals surface area contributed by atoms with Gasteiger partial charge in [0.1, 0.15) is 22.8 Å². The number of halogens is 3. The van der Waals surface area contributed by atoms with Crippen molar-refractivity contribution in [3.8, 4) is 28.1 Å². The topological polar surface area (TPSA) is 91.8 Å². The van der Waals surface area contributed by atoms with Crippen LogP contribution < -0.4 is 10.1 Å². The average molecular weight is 589 g/mol. The SMILES string of the molecule is CN(C)C(Cl)CCOc1ccc(-c2nc(C(=O)NC3(C(=O)O)CCCCC3)ccc2-c2ccc(F)cc2Cl)cc1. The highest BCUT2D eigenvalue weighted by Gasteiger charge is 2.41. The first-order valence-corrected chi connectivity index (χ1v) is 14.0. The largest absolute Gasteiger partial charge is 0.493 e. The van der Waals surface area contributed by atoms with Crippen molar-refractivity contribution in [2.45, 2.75) is 49.6 Å². The third kappa shape index (κ3) is 6.92. The lowest BCUT2D eigenvalue weighted by Crippen LogP contribution is -2.55. The number of amides is 1. The van der Waals surface area contributed by atoms with Crippen LogP contribution in [0.25, 0.3) is 22.4 Å². The molecule has 212 valence electrons. The maximum Gasteiger partial charge on any atom is 0.329 e. The number of aromatic nitrogens is 1. The summed E-state index contributed by atoms with van der Waals surface area (Å²) in [6.07, 6.45) is 3.75. The first kappa shape index (κ1) is 29.8. The molecule has 0 radical (unpaired) electrons. The molecule has 2 N–H and O–H groups in total. The van der Waals surface area contributed by atoms with Crippen molar-refractivity contribution < 1.29 is 23.8 Å². The van der Waals surface area contributed by atoms with E-state index in [2.05, 4.69) is 10.3 Å². The van der Waals surface area contributed by atoms with Gasteiger partial charge in [-0.1, -0.05) is 30.9 Å². The van der Waals surface area contributed by atoms with Crippen molar-refractivity contribution in [1.82, 2.24) is 15.2 Å². The fourth-order valence-corrected chi connectivity index (χ4v) is 5.16. The molecule has 1 atom stereocenters. The number of benzene rings is 2. The van der Waals surface area contributed by atoms with Crippen LogP contribution >= 0.6 is 23.2 Å². The molecule has 1 amide bonds. The Balaban J connectivity index is 1.66. The Bertz CT molecular complexity index is 1360. The standard InChI is InChI=1S/C30H32Cl2FN3O4/c1-36(2)26(32)14-17-40-21-9-6-19(7-10-21)27-23(22-11-8-20(33)18-24(22)31)12-13-25(34-27)28(37)35-30(29(38)39)15-4-3-5-16-30/h6-13,18,26H,3-5,14-17H2,1-2H3,(H,35,37)(H,38,39). The Labute approximate surface area is 243 Å². The highest BCUT2D eigenvalue weighted by Crippen LogP contribution is 2.36. The lowest BCUT2D eigenvalue weighted by molar-refractivity contribution is -0.145. The number of aliphatic carboxylic acids is 1. The molecule has 1 aliphatic carbocycles. The van der Waals surface area contributed by atoms with Gasteiger partial charge >= 0.3 is 5.97 Å². The van der Waals surface area contributed by atoms with Crippen LogP contribution in [0.2, 0.25) is 5.02 Å². The number of carboxylic acids is 1. The monoisotopic (exact) mass is 587 g/mol. The second-order valence-corrected chi connectivity index (χ2v) is 11.1. The Kier molecular flexibility index (Phi) is 9.66. The Morgan fingerprint density at radius 2 is 1.75 bits per heavy atom. The van der Waals surface area contributed by atoms with E-state index in [4.69, 9.17) is 27.9 Å². The summed E-state index contributed by atoms with van der Waals surface area (Å²) in [6, 6.07) is 14.5. The van der Waals surface area contributed by atoms with Gasteiger partial charge in [-0.05, 0) is 81.5 Å². The molecule has 40 heavy (non-hydrogen) atoms.